The van der Waals surface area contributed by atoms with E-state index in [0.29, 0.717) is 13.1 Å². The van der Waals surface area contributed by atoms with Crippen LogP contribution in [0.2, 0.25) is 0 Å². The number of amides is 1. The van der Waals surface area contributed by atoms with Gasteiger partial charge in [-0.15, -0.1) is 0 Å². The Kier molecular flexibility index (Phi) is 4.56. The molecule has 1 aromatic carbocycles. The van der Waals surface area contributed by atoms with Crippen LogP contribution in [0, 0.1) is 5.92 Å². The first-order valence-electron chi connectivity index (χ1n) is 6.88. The first-order chi connectivity index (χ1) is 9.11. The van der Waals surface area contributed by atoms with Crippen molar-refractivity contribution in [1.29, 1.82) is 0 Å². The van der Waals surface area contributed by atoms with Crippen molar-refractivity contribution in [2.24, 2.45) is 11.7 Å². The van der Waals surface area contributed by atoms with Crippen molar-refractivity contribution in [3.8, 4) is 0 Å². The fourth-order valence-electron chi connectivity index (χ4n) is 2.57. The quantitative estimate of drug-likeness (QED) is 0.851. The van der Waals surface area contributed by atoms with Gasteiger partial charge < -0.3 is 15.7 Å². The van der Waals surface area contributed by atoms with E-state index >= 15 is 0 Å². The number of likely N-dealkylation sites (tertiary alicyclic amines) is 1. The van der Waals surface area contributed by atoms with E-state index in [1.807, 2.05) is 29.2 Å². The summed E-state index contributed by atoms with van der Waals surface area (Å²) < 4.78 is 0. The molecule has 4 nitrogen and oxygen atoms in total. The van der Waals surface area contributed by atoms with Gasteiger partial charge in [-0.2, -0.15) is 0 Å². The topological polar surface area (TPSA) is 66.6 Å². The van der Waals surface area contributed by atoms with Crippen LogP contribution in [0.5, 0.6) is 0 Å². The molecule has 0 aromatic heterocycles. The number of aliphatic hydroxyl groups excluding tert-OH is 1. The predicted octanol–water partition coefficient (Wildman–Crippen LogP) is 1.03. The number of carbonyl (C=O) groups excluding carboxylic acids is 1. The van der Waals surface area contributed by atoms with Crippen LogP contribution in [0.1, 0.15) is 29.3 Å². The van der Waals surface area contributed by atoms with Gasteiger partial charge in [0.2, 0.25) is 0 Å². The average molecular weight is 262 g/mol. The largest absolute Gasteiger partial charge is 0.393 e. The number of nitrogens with two attached hydrogens (primary N) is 1. The Balaban J connectivity index is 2.06. The highest BCUT2D eigenvalue weighted by Crippen LogP contribution is 2.21. The monoisotopic (exact) mass is 262 g/mol. The Morgan fingerprint density at radius 2 is 2.37 bits per heavy atom. The molecule has 1 aliphatic rings. The van der Waals surface area contributed by atoms with Gasteiger partial charge in [0.05, 0.1) is 6.10 Å². The molecule has 1 fully saturated rings. The summed E-state index contributed by atoms with van der Waals surface area (Å²) in [4.78, 5) is 14.2. The van der Waals surface area contributed by atoms with Gasteiger partial charge in [0, 0.05) is 24.6 Å². The van der Waals surface area contributed by atoms with Gasteiger partial charge in [0.25, 0.3) is 5.91 Å². The lowest BCUT2D eigenvalue weighted by Crippen LogP contribution is -2.30. The molecule has 19 heavy (non-hydrogen) atoms. The second-order valence-electron chi connectivity index (χ2n) is 5.28. The predicted molar refractivity (Wildman–Crippen MR) is 74.9 cm³/mol. The summed E-state index contributed by atoms with van der Waals surface area (Å²) in [7, 11) is 0. The van der Waals surface area contributed by atoms with Crippen LogP contribution in [0.4, 0.5) is 0 Å². The van der Waals surface area contributed by atoms with E-state index in [9.17, 15) is 9.90 Å². The number of benzene rings is 1. The van der Waals surface area contributed by atoms with Crippen LogP contribution in [-0.2, 0) is 6.42 Å². The lowest BCUT2D eigenvalue weighted by atomic mass is 10.0. The van der Waals surface area contributed by atoms with E-state index in [4.69, 9.17) is 5.73 Å². The third-order valence-corrected chi connectivity index (χ3v) is 3.80. The normalized spacial score (nSPS) is 20.6. The fourth-order valence-corrected chi connectivity index (χ4v) is 2.57. The average Bonchev–Trinajstić information content (AvgIpc) is 2.88. The minimum absolute atomic E-state index is 0.0574. The second kappa shape index (κ2) is 6.17. The summed E-state index contributed by atoms with van der Waals surface area (Å²) in [6, 6.07) is 7.66. The molecule has 3 N–H and O–H groups in total. The standard InChI is InChI=1S/C15H22N2O2/c1-11(18)14-6-8-17(10-14)15(19)13-4-2-3-12(9-13)5-7-16/h2-4,9,11,14,18H,5-8,10,16H2,1H3. The minimum atomic E-state index is -0.346. The van der Waals surface area contributed by atoms with Crippen molar-refractivity contribution in [2.45, 2.75) is 25.9 Å². The zero-order valence-electron chi connectivity index (χ0n) is 11.4. The summed E-state index contributed by atoms with van der Waals surface area (Å²) >= 11 is 0. The van der Waals surface area contributed by atoms with Crippen LogP contribution in [0.3, 0.4) is 0 Å². The Morgan fingerprint density at radius 1 is 1.58 bits per heavy atom. The third-order valence-electron chi connectivity index (χ3n) is 3.80. The van der Waals surface area contributed by atoms with Crippen LogP contribution in [-0.4, -0.2) is 41.7 Å². The van der Waals surface area contributed by atoms with Gasteiger partial charge in [-0.1, -0.05) is 12.1 Å². The Morgan fingerprint density at radius 3 is 3.00 bits per heavy atom. The van der Waals surface area contributed by atoms with Crippen molar-refractivity contribution in [3.63, 3.8) is 0 Å². The van der Waals surface area contributed by atoms with E-state index in [2.05, 4.69) is 0 Å². The zero-order valence-corrected chi connectivity index (χ0v) is 11.4. The molecule has 0 bridgehead atoms. The molecular formula is C15H22N2O2. The number of hydrogen-bond acceptors (Lipinski definition) is 3. The molecule has 1 aromatic rings. The van der Waals surface area contributed by atoms with Gasteiger partial charge in [-0.05, 0) is 44.0 Å². The Bertz CT molecular complexity index is 446. The molecule has 1 heterocycles. The van der Waals surface area contributed by atoms with E-state index < -0.39 is 0 Å². The number of nitrogens with zero attached hydrogens (tertiary/aromatic N) is 1. The third kappa shape index (κ3) is 3.33. The van der Waals surface area contributed by atoms with E-state index in [1.165, 1.54) is 0 Å². The molecule has 104 valence electrons. The molecule has 2 atom stereocenters. The Labute approximate surface area is 114 Å². The molecule has 0 aliphatic carbocycles. The lowest BCUT2D eigenvalue weighted by molar-refractivity contribution is 0.0762. The van der Waals surface area contributed by atoms with Gasteiger partial charge in [0.15, 0.2) is 0 Å². The zero-order chi connectivity index (χ0) is 13.8. The first-order valence-corrected chi connectivity index (χ1v) is 6.88. The van der Waals surface area contributed by atoms with Crippen LogP contribution < -0.4 is 5.73 Å². The molecule has 0 saturated carbocycles. The molecular weight excluding hydrogens is 240 g/mol. The molecule has 1 aliphatic heterocycles. The highest BCUT2D eigenvalue weighted by atomic mass is 16.3. The molecule has 4 heteroatoms. The molecule has 0 spiro atoms. The van der Waals surface area contributed by atoms with Gasteiger partial charge in [-0.25, -0.2) is 0 Å². The van der Waals surface area contributed by atoms with Crippen molar-refractivity contribution >= 4 is 5.91 Å². The summed E-state index contributed by atoms with van der Waals surface area (Å²) in [5, 5.41) is 9.58. The van der Waals surface area contributed by atoms with Gasteiger partial charge >= 0.3 is 0 Å². The Hall–Kier alpha value is -1.39. The van der Waals surface area contributed by atoms with E-state index in [-0.39, 0.29) is 17.9 Å². The van der Waals surface area contributed by atoms with Crippen molar-refractivity contribution < 1.29 is 9.90 Å². The lowest BCUT2D eigenvalue weighted by Gasteiger charge is -2.18. The number of aliphatic hydroxyl groups is 1. The van der Waals surface area contributed by atoms with Crippen LogP contribution in [0.25, 0.3) is 0 Å². The number of hydrogen-bond donors (Lipinski definition) is 2. The van der Waals surface area contributed by atoms with Crippen LogP contribution >= 0.6 is 0 Å². The van der Waals surface area contributed by atoms with Crippen molar-refractivity contribution in [3.05, 3.63) is 35.4 Å². The minimum Gasteiger partial charge on any atom is -0.393 e. The van der Waals surface area contributed by atoms with Crippen LogP contribution in [0.15, 0.2) is 24.3 Å². The maximum atomic E-state index is 12.4. The van der Waals surface area contributed by atoms with Crippen molar-refractivity contribution in [2.75, 3.05) is 19.6 Å². The summed E-state index contributed by atoms with van der Waals surface area (Å²) in [5.41, 5.74) is 7.35. The molecule has 2 unspecified atom stereocenters. The smallest absolute Gasteiger partial charge is 0.253 e. The van der Waals surface area contributed by atoms with Crippen molar-refractivity contribution in [1.82, 2.24) is 4.90 Å². The SMILES string of the molecule is CC(O)C1CCN(C(=O)c2cccc(CCN)c2)C1. The van der Waals surface area contributed by atoms with Gasteiger partial charge in [-0.3, -0.25) is 4.79 Å². The molecule has 0 radical (unpaired) electrons. The fraction of sp³-hybridized carbons (Fsp3) is 0.533. The highest BCUT2D eigenvalue weighted by Gasteiger charge is 2.29. The summed E-state index contributed by atoms with van der Waals surface area (Å²) in [6.07, 6.45) is 1.32. The molecule has 2 rings (SSSR count). The maximum absolute atomic E-state index is 12.4. The van der Waals surface area contributed by atoms with Gasteiger partial charge in [0.1, 0.15) is 0 Å². The first kappa shape index (κ1) is 14.0. The summed E-state index contributed by atoms with van der Waals surface area (Å²) in [6.45, 7) is 3.76. The summed E-state index contributed by atoms with van der Waals surface area (Å²) in [5.74, 6) is 0.262. The number of carbonyl (C=O) groups is 1. The highest BCUT2D eigenvalue weighted by molar-refractivity contribution is 5.94. The second-order valence-corrected chi connectivity index (χ2v) is 5.28. The van der Waals surface area contributed by atoms with E-state index in [1.54, 1.807) is 6.92 Å². The van der Waals surface area contributed by atoms with E-state index in [0.717, 1.165) is 30.5 Å². The molecule has 1 amide bonds. The maximum Gasteiger partial charge on any atom is 0.253 e. The number of rotatable bonds is 4. The molecule has 1 saturated heterocycles.